The van der Waals surface area contributed by atoms with Crippen molar-refractivity contribution in [3.63, 3.8) is 0 Å². The molecule has 0 aliphatic carbocycles. The van der Waals surface area contributed by atoms with Crippen molar-refractivity contribution < 1.29 is 28.6 Å². The number of allylic oxidation sites excluding steroid dienone is 12. The first-order chi connectivity index (χ1) is 29.0. The highest BCUT2D eigenvalue weighted by Crippen LogP contribution is 2.13. The maximum absolute atomic E-state index is 12.8. The molecule has 0 aromatic heterocycles. The third-order valence-electron chi connectivity index (χ3n) is 10.2. The van der Waals surface area contributed by atoms with E-state index in [9.17, 15) is 14.4 Å². The maximum atomic E-state index is 12.8. The van der Waals surface area contributed by atoms with Crippen LogP contribution in [-0.4, -0.2) is 37.2 Å². The van der Waals surface area contributed by atoms with E-state index in [1.54, 1.807) is 0 Å². The largest absolute Gasteiger partial charge is 0.462 e. The summed E-state index contributed by atoms with van der Waals surface area (Å²) in [7, 11) is 0. The molecule has 0 bridgehead atoms. The third kappa shape index (κ3) is 45.8. The first-order valence-electron chi connectivity index (χ1n) is 24.4. The normalized spacial score (nSPS) is 12.7. The Morgan fingerprint density at radius 2 is 0.678 bits per heavy atom. The van der Waals surface area contributed by atoms with E-state index in [0.717, 1.165) is 128 Å². The summed E-state index contributed by atoms with van der Waals surface area (Å²) < 4.78 is 16.7. The van der Waals surface area contributed by atoms with Gasteiger partial charge in [0.2, 0.25) is 0 Å². The summed E-state index contributed by atoms with van der Waals surface area (Å²) in [5.74, 6) is -0.935. The highest BCUT2D eigenvalue weighted by atomic mass is 16.6. The Labute approximate surface area is 363 Å². The SMILES string of the molecule is CC/C=C\C/C=C\C/C=C\CCCCCCCC(=O)O[C@H](COC(=O)CCCCCCC/C=C\C/C=C\CCCCC)COC(=O)CCCCCCC/C=C\CCCC. The van der Waals surface area contributed by atoms with Gasteiger partial charge in [-0.05, 0) is 103 Å². The van der Waals surface area contributed by atoms with Gasteiger partial charge < -0.3 is 14.2 Å². The summed E-state index contributed by atoms with van der Waals surface area (Å²) in [4.78, 5) is 37.9. The summed E-state index contributed by atoms with van der Waals surface area (Å²) in [6.45, 7) is 6.42. The monoisotopic (exact) mass is 823 g/mol. The number of carbonyl (C=O) groups excluding carboxylic acids is 3. The van der Waals surface area contributed by atoms with Gasteiger partial charge in [-0.2, -0.15) is 0 Å². The summed E-state index contributed by atoms with van der Waals surface area (Å²) in [5, 5.41) is 0. The first kappa shape index (κ1) is 55.9. The minimum absolute atomic E-state index is 0.0921. The second kappa shape index (κ2) is 47.5. The van der Waals surface area contributed by atoms with Gasteiger partial charge in [0.1, 0.15) is 13.2 Å². The third-order valence-corrected chi connectivity index (χ3v) is 10.2. The van der Waals surface area contributed by atoms with Crippen molar-refractivity contribution in [3.8, 4) is 0 Å². The van der Waals surface area contributed by atoms with Crippen molar-refractivity contribution in [3.05, 3.63) is 72.9 Å². The highest BCUT2D eigenvalue weighted by molar-refractivity contribution is 5.71. The molecule has 0 aromatic rings. The topological polar surface area (TPSA) is 78.9 Å². The molecule has 0 aromatic carbocycles. The molecular formula is C53H90O6. The number of ether oxygens (including phenoxy) is 3. The summed E-state index contributed by atoms with van der Waals surface area (Å²) in [6.07, 6.45) is 58.8. The lowest BCUT2D eigenvalue weighted by Crippen LogP contribution is -2.30. The molecule has 0 aliphatic heterocycles. The van der Waals surface area contributed by atoms with Gasteiger partial charge in [-0.15, -0.1) is 0 Å². The van der Waals surface area contributed by atoms with E-state index in [1.165, 1.54) is 57.8 Å². The Kier molecular flexibility index (Phi) is 45.0. The molecular weight excluding hydrogens is 733 g/mol. The van der Waals surface area contributed by atoms with Crippen LogP contribution in [0, 0.1) is 0 Å². The number of hydrogen-bond donors (Lipinski definition) is 0. The summed E-state index contributed by atoms with van der Waals surface area (Å²) in [5.41, 5.74) is 0. The van der Waals surface area contributed by atoms with Crippen molar-refractivity contribution in [1.82, 2.24) is 0 Å². The van der Waals surface area contributed by atoms with Crippen LogP contribution in [0.2, 0.25) is 0 Å². The standard InChI is InChI=1S/C53H90O6/c1-4-7-10-13-16-19-22-24-26-28-31-34-37-40-43-46-52(55)58-49-50(48-57-51(54)45-42-39-36-33-30-21-18-15-12-9-6-3)59-53(56)47-44-41-38-35-32-29-27-25-23-20-17-14-11-8-5-2/h8,11,15-20,24-27,50H,4-7,9-10,12-14,21-23,28-49H2,1-3H3/b11-8-,18-15-,19-16-,20-17-,26-24-,27-25-/t50-/m0/s1. The van der Waals surface area contributed by atoms with Crippen molar-refractivity contribution in [1.29, 1.82) is 0 Å². The number of unbranched alkanes of at least 4 members (excludes halogenated alkanes) is 20. The Hall–Kier alpha value is -3.15. The van der Waals surface area contributed by atoms with Gasteiger partial charge in [0.15, 0.2) is 6.10 Å². The molecule has 0 rings (SSSR count). The molecule has 59 heavy (non-hydrogen) atoms. The van der Waals surface area contributed by atoms with Gasteiger partial charge in [-0.3, -0.25) is 14.4 Å². The van der Waals surface area contributed by atoms with Crippen molar-refractivity contribution in [2.24, 2.45) is 0 Å². The van der Waals surface area contributed by atoms with E-state index in [0.29, 0.717) is 19.3 Å². The van der Waals surface area contributed by atoms with Crippen LogP contribution in [0.1, 0.15) is 226 Å². The average Bonchev–Trinajstić information content (AvgIpc) is 3.23. The molecule has 0 unspecified atom stereocenters. The van der Waals surface area contributed by atoms with Crippen molar-refractivity contribution in [2.75, 3.05) is 13.2 Å². The molecule has 0 fully saturated rings. The fourth-order valence-corrected chi connectivity index (χ4v) is 6.47. The molecule has 6 nitrogen and oxygen atoms in total. The van der Waals surface area contributed by atoms with Gasteiger partial charge >= 0.3 is 17.9 Å². The van der Waals surface area contributed by atoms with Crippen LogP contribution in [0.4, 0.5) is 0 Å². The Morgan fingerprint density at radius 1 is 0.356 bits per heavy atom. The van der Waals surface area contributed by atoms with E-state index >= 15 is 0 Å². The minimum Gasteiger partial charge on any atom is -0.462 e. The predicted molar refractivity (Wildman–Crippen MR) is 251 cm³/mol. The summed E-state index contributed by atoms with van der Waals surface area (Å²) >= 11 is 0. The fourth-order valence-electron chi connectivity index (χ4n) is 6.47. The zero-order valence-electron chi connectivity index (χ0n) is 38.5. The Morgan fingerprint density at radius 3 is 1.10 bits per heavy atom. The van der Waals surface area contributed by atoms with E-state index in [1.807, 2.05) is 0 Å². The fraction of sp³-hybridized carbons (Fsp3) is 0.717. The van der Waals surface area contributed by atoms with Gasteiger partial charge in [-0.25, -0.2) is 0 Å². The number of hydrogen-bond acceptors (Lipinski definition) is 6. The quantitative estimate of drug-likeness (QED) is 0.0264. The Bertz CT molecular complexity index is 1130. The van der Waals surface area contributed by atoms with Gasteiger partial charge in [0.25, 0.3) is 0 Å². The molecule has 0 radical (unpaired) electrons. The van der Waals surface area contributed by atoms with Crippen LogP contribution in [0.3, 0.4) is 0 Å². The van der Waals surface area contributed by atoms with Gasteiger partial charge in [-0.1, -0.05) is 177 Å². The molecule has 6 heteroatoms. The average molecular weight is 823 g/mol. The van der Waals surface area contributed by atoms with E-state index in [4.69, 9.17) is 14.2 Å². The number of esters is 3. The lowest BCUT2D eigenvalue weighted by Gasteiger charge is -2.18. The second-order valence-corrected chi connectivity index (χ2v) is 16.0. The van der Waals surface area contributed by atoms with E-state index < -0.39 is 6.10 Å². The number of carbonyl (C=O) groups is 3. The molecule has 0 amide bonds. The zero-order valence-corrected chi connectivity index (χ0v) is 38.5. The van der Waals surface area contributed by atoms with Crippen LogP contribution < -0.4 is 0 Å². The van der Waals surface area contributed by atoms with Gasteiger partial charge in [0, 0.05) is 19.3 Å². The van der Waals surface area contributed by atoms with Crippen LogP contribution in [-0.2, 0) is 28.6 Å². The summed E-state index contributed by atoms with van der Waals surface area (Å²) in [6, 6.07) is 0. The Balaban J connectivity index is 4.44. The molecule has 338 valence electrons. The van der Waals surface area contributed by atoms with E-state index in [-0.39, 0.29) is 31.1 Å². The predicted octanol–water partition coefficient (Wildman–Crippen LogP) is 15.9. The highest BCUT2D eigenvalue weighted by Gasteiger charge is 2.19. The minimum atomic E-state index is -0.792. The number of rotatable bonds is 43. The van der Waals surface area contributed by atoms with Gasteiger partial charge in [0.05, 0.1) is 0 Å². The molecule has 0 heterocycles. The van der Waals surface area contributed by atoms with Crippen LogP contribution in [0.5, 0.6) is 0 Å². The second-order valence-electron chi connectivity index (χ2n) is 16.0. The van der Waals surface area contributed by atoms with Crippen LogP contribution in [0.25, 0.3) is 0 Å². The van der Waals surface area contributed by atoms with Crippen LogP contribution in [0.15, 0.2) is 72.9 Å². The maximum Gasteiger partial charge on any atom is 0.306 e. The first-order valence-corrected chi connectivity index (χ1v) is 24.4. The molecule has 0 N–H and O–H groups in total. The van der Waals surface area contributed by atoms with E-state index in [2.05, 4.69) is 93.7 Å². The lowest BCUT2D eigenvalue weighted by atomic mass is 10.1. The molecule has 0 spiro atoms. The van der Waals surface area contributed by atoms with Crippen LogP contribution >= 0.6 is 0 Å². The lowest BCUT2D eigenvalue weighted by molar-refractivity contribution is -0.167. The molecule has 0 saturated heterocycles. The van der Waals surface area contributed by atoms with Crippen molar-refractivity contribution >= 4 is 17.9 Å². The zero-order chi connectivity index (χ0) is 43.0. The molecule has 1 atom stereocenters. The molecule has 0 saturated carbocycles. The smallest absolute Gasteiger partial charge is 0.306 e. The van der Waals surface area contributed by atoms with Crippen molar-refractivity contribution in [2.45, 2.75) is 232 Å². The molecule has 0 aliphatic rings.